The lowest BCUT2D eigenvalue weighted by molar-refractivity contribution is -0.126. The Morgan fingerprint density at radius 1 is 1.09 bits per heavy atom. The van der Waals surface area contributed by atoms with E-state index in [1.54, 1.807) is 0 Å². The number of fused-ring (bicyclic) bond motifs is 1. The van der Waals surface area contributed by atoms with E-state index in [1.165, 1.54) is 4.90 Å². The fourth-order valence-electron chi connectivity index (χ4n) is 4.80. The number of carboxylic acid groups (broad SMARTS) is 1. The molecule has 0 saturated heterocycles. The molecule has 0 spiro atoms. The third-order valence-electron chi connectivity index (χ3n) is 6.47. The van der Waals surface area contributed by atoms with Crippen molar-refractivity contribution < 1.29 is 24.3 Å². The lowest BCUT2D eigenvalue weighted by Gasteiger charge is -2.32. The first-order chi connectivity index (χ1) is 16.9. The van der Waals surface area contributed by atoms with Crippen molar-refractivity contribution in [3.8, 4) is 0 Å². The van der Waals surface area contributed by atoms with Crippen LogP contribution in [0.15, 0.2) is 24.3 Å². The van der Waals surface area contributed by atoms with Crippen LogP contribution in [0.3, 0.4) is 0 Å². The van der Waals surface area contributed by atoms with E-state index in [4.69, 9.17) is 5.11 Å². The Morgan fingerprint density at radius 3 is 2.66 bits per heavy atom. The summed E-state index contributed by atoms with van der Waals surface area (Å²) in [5.74, 6) is -0.843. The molecule has 5 N–H and O–H groups in total. The second-order valence-corrected chi connectivity index (χ2v) is 8.66. The van der Waals surface area contributed by atoms with Gasteiger partial charge in [0, 0.05) is 24.1 Å². The van der Waals surface area contributed by atoms with Crippen molar-refractivity contribution in [2.45, 2.75) is 50.7 Å². The number of para-hydroxylation sites is 1. The molecule has 1 aromatic heterocycles. The van der Waals surface area contributed by atoms with Crippen LogP contribution in [0.1, 0.15) is 37.1 Å². The number of benzene rings is 1. The standard InChI is InChI=1S/C22H28N8O5/c31-18(10-25-22(34)35)14-6-2-3-7-15(14)23-12-20(32)30-16-8-4-1-5-13(16)9-17(30)21(33)24-11-19-26-28-29-27-19/h1,4-5,8,14-15,17,23,25H,2-3,6-7,9-12H2,(H,24,33)(H,34,35)(H,26,27,28,29)/t14?,15?,17-/m0/s1. The number of aromatic nitrogens is 4. The number of H-pyrrole nitrogens is 1. The number of aromatic amines is 1. The van der Waals surface area contributed by atoms with Gasteiger partial charge in [-0.05, 0) is 24.5 Å². The molecule has 1 saturated carbocycles. The number of hydrogen-bond donors (Lipinski definition) is 5. The number of rotatable bonds is 9. The minimum atomic E-state index is -1.25. The van der Waals surface area contributed by atoms with Crippen molar-refractivity contribution >= 4 is 29.4 Å². The third-order valence-corrected chi connectivity index (χ3v) is 6.47. The van der Waals surface area contributed by atoms with Crippen LogP contribution in [0.25, 0.3) is 0 Å². The lowest BCUT2D eigenvalue weighted by atomic mass is 9.81. The van der Waals surface area contributed by atoms with Crippen LogP contribution >= 0.6 is 0 Å². The molecule has 186 valence electrons. The summed E-state index contributed by atoms with van der Waals surface area (Å²) in [4.78, 5) is 51.2. The molecule has 1 aromatic carbocycles. The van der Waals surface area contributed by atoms with Crippen LogP contribution in [0.5, 0.6) is 0 Å². The maximum Gasteiger partial charge on any atom is 0.405 e. The van der Waals surface area contributed by atoms with Gasteiger partial charge in [-0.3, -0.25) is 19.3 Å². The van der Waals surface area contributed by atoms with E-state index in [1.807, 2.05) is 24.3 Å². The summed E-state index contributed by atoms with van der Waals surface area (Å²) in [5.41, 5.74) is 1.58. The van der Waals surface area contributed by atoms with E-state index in [9.17, 15) is 19.2 Å². The van der Waals surface area contributed by atoms with Gasteiger partial charge in [0.2, 0.25) is 11.8 Å². The fourth-order valence-corrected chi connectivity index (χ4v) is 4.80. The molecule has 3 amide bonds. The zero-order chi connectivity index (χ0) is 24.8. The predicted octanol–water partition coefficient (Wildman–Crippen LogP) is -0.241. The fraction of sp³-hybridized carbons (Fsp3) is 0.500. The Kier molecular flexibility index (Phi) is 7.65. The molecule has 35 heavy (non-hydrogen) atoms. The Labute approximate surface area is 201 Å². The summed E-state index contributed by atoms with van der Waals surface area (Å²) >= 11 is 0. The average molecular weight is 485 g/mol. The molecular weight excluding hydrogens is 456 g/mol. The zero-order valence-electron chi connectivity index (χ0n) is 19.1. The van der Waals surface area contributed by atoms with Crippen LogP contribution in [0, 0.1) is 5.92 Å². The maximum atomic E-state index is 13.4. The molecule has 1 aliphatic carbocycles. The molecule has 3 atom stereocenters. The summed E-state index contributed by atoms with van der Waals surface area (Å²) in [6, 6.07) is 6.42. The van der Waals surface area contributed by atoms with Gasteiger partial charge in [-0.25, -0.2) is 4.79 Å². The second-order valence-electron chi connectivity index (χ2n) is 8.66. The summed E-state index contributed by atoms with van der Waals surface area (Å²) in [6.45, 7) is -0.225. The van der Waals surface area contributed by atoms with Crippen LogP contribution in [0.4, 0.5) is 10.5 Å². The monoisotopic (exact) mass is 484 g/mol. The molecule has 2 aromatic rings. The van der Waals surface area contributed by atoms with Crippen LogP contribution in [-0.2, 0) is 27.3 Å². The van der Waals surface area contributed by atoms with Crippen molar-refractivity contribution in [1.82, 2.24) is 36.6 Å². The number of nitrogens with one attached hydrogen (secondary N) is 4. The number of amides is 3. The van der Waals surface area contributed by atoms with E-state index in [-0.39, 0.29) is 49.2 Å². The number of carbonyl (C=O) groups excluding carboxylic acids is 3. The Balaban J connectivity index is 1.42. The average Bonchev–Trinajstić information content (AvgIpc) is 3.52. The van der Waals surface area contributed by atoms with Gasteiger partial charge in [0.05, 0.1) is 19.6 Å². The molecule has 2 aliphatic rings. The molecule has 2 heterocycles. The van der Waals surface area contributed by atoms with E-state index < -0.39 is 12.1 Å². The number of ketones is 1. The van der Waals surface area contributed by atoms with Crippen molar-refractivity contribution in [3.05, 3.63) is 35.7 Å². The van der Waals surface area contributed by atoms with Gasteiger partial charge in [0.25, 0.3) is 0 Å². The lowest BCUT2D eigenvalue weighted by Crippen LogP contribution is -2.53. The maximum absolute atomic E-state index is 13.4. The highest BCUT2D eigenvalue weighted by Crippen LogP contribution is 2.32. The number of anilines is 1. The summed E-state index contributed by atoms with van der Waals surface area (Å²) in [5, 5.41) is 30.3. The first-order valence-corrected chi connectivity index (χ1v) is 11.6. The molecule has 4 rings (SSSR count). The second kappa shape index (κ2) is 11.0. The van der Waals surface area contributed by atoms with Gasteiger partial charge in [-0.15, -0.1) is 10.2 Å². The van der Waals surface area contributed by atoms with Crippen molar-refractivity contribution in [2.75, 3.05) is 18.0 Å². The number of nitrogens with zero attached hydrogens (tertiary/aromatic N) is 4. The Morgan fingerprint density at radius 2 is 1.89 bits per heavy atom. The number of Topliss-reactive ketones (excluding diaryl/α,β-unsaturated/α-hetero) is 1. The summed E-state index contributed by atoms with van der Waals surface area (Å²) < 4.78 is 0. The first-order valence-electron chi connectivity index (χ1n) is 11.6. The topological polar surface area (TPSA) is 182 Å². The minimum Gasteiger partial charge on any atom is -0.465 e. The molecule has 13 nitrogen and oxygen atoms in total. The SMILES string of the molecule is O=C(O)NCC(=O)C1CCCCC1NCC(=O)N1c2ccccc2C[C@H]1C(=O)NCc1nn[nH]n1. The minimum absolute atomic E-state index is 0.0518. The molecule has 1 fully saturated rings. The van der Waals surface area contributed by atoms with E-state index >= 15 is 0 Å². The molecule has 0 radical (unpaired) electrons. The van der Waals surface area contributed by atoms with Crippen molar-refractivity contribution in [3.63, 3.8) is 0 Å². The van der Waals surface area contributed by atoms with E-state index in [0.717, 1.165) is 18.4 Å². The van der Waals surface area contributed by atoms with Gasteiger partial charge in [-0.1, -0.05) is 36.3 Å². The van der Waals surface area contributed by atoms with Gasteiger partial charge in [0.15, 0.2) is 11.6 Å². The third kappa shape index (κ3) is 5.80. The quantitative estimate of drug-likeness (QED) is 0.321. The van der Waals surface area contributed by atoms with Gasteiger partial charge >= 0.3 is 6.09 Å². The van der Waals surface area contributed by atoms with Gasteiger partial charge < -0.3 is 21.1 Å². The molecular formula is C22H28N8O5. The van der Waals surface area contributed by atoms with Gasteiger partial charge in [0.1, 0.15) is 6.04 Å². The first kappa shape index (κ1) is 24.3. The van der Waals surface area contributed by atoms with Crippen LogP contribution in [0.2, 0.25) is 0 Å². The molecule has 1 aliphatic heterocycles. The smallest absolute Gasteiger partial charge is 0.405 e. The predicted molar refractivity (Wildman–Crippen MR) is 122 cm³/mol. The Hall–Kier alpha value is -3.87. The number of hydrogen-bond acceptors (Lipinski definition) is 8. The normalized spacial score (nSPS) is 21.3. The number of carbonyl (C=O) groups is 4. The highest BCUT2D eigenvalue weighted by atomic mass is 16.4. The molecule has 0 bridgehead atoms. The Bertz CT molecular complexity index is 1080. The van der Waals surface area contributed by atoms with Crippen molar-refractivity contribution in [1.29, 1.82) is 0 Å². The number of tetrazole rings is 1. The summed E-state index contributed by atoms with van der Waals surface area (Å²) in [7, 11) is 0. The van der Waals surface area contributed by atoms with Gasteiger partial charge in [-0.2, -0.15) is 5.21 Å². The highest BCUT2D eigenvalue weighted by Gasteiger charge is 2.39. The van der Waals surface area contributed by atoms with E-state index in [0.29, 0.717) is 30.8 Å². The largest absolute Gasteiger partial charge is 0.465 e. The molecule has 2 unspecified atom stereocenters. The van der Waals surface area contributed by atoms with Crippen molar-refractivity contribution in [2.24, 2.45) is 5.92 Å². The summed E-state index contributed by atoms with van der Waals surface area (Å²) in [6.07, 6.45) is 2.27. The highest BCUT2D eigenvalue weighted by molar-refractivity contribution is 6.04. The van der Waals surface area contributed by atoms with E-state index in [2.05, 4.69) is 36.6 Å². The van der Waals surface area contributed by atoms with Crippen LogP contribution in [-0.4, -0.2) is 74.6 Å². The molecule has 13 heteroatoms. The zero-order valence-corrected chi connectivity index (χ0v) is 19.1. The van der Waals surface area contributed by atoms with Crippen LogP contribution < -0.4 is 20.9 Å².